The molecule has 1 aliphatic rings. The molecule has 1 aliphatic heterocycles. The van der Waals surface area contributed by atoms with Crippen molar-refractivity contribution in [2.24, 2.45) is 5.92 Å². The minimum absolute atomic E-state index is 0.00685. The van der Waals surface area contributed by atoms with Crippen LogP contribution in [-0.2, 0) is 9.59 Å². The van der Waals surface area contributed by atoms with E-state index in [0.29, 0.717) is 24.1 Å². The predicted octanol–water partition coefficient (Wildman–Crippen LogP) is 1.91. The molecule has 0 aromatic carbocycles. The molecule has 0 bridgehead atoms. The highest BCUT2D eigenvalue weighted by Gasteiger charge is 2.39. The van der Waals surface area contributed by atoms with E-state index < -0.39 is 0 Å². The highest BCUT2D eigenvalue weighted by atomic mass is 32.2. The minimum atomic E-state index is -0.142. The molecule has 0 aliphatic carbocycles. The molecule has 1 saturated heterocycles. The van der Waals surface area contributed by atoms with Gasteiger partial charge >= 0.3 is 0 Å². The molecule has 0 saturated carbocycles. The van der Waals surface area contributed by atoms with Crippen LogP contribution >= 0.6 is 11.8 Å². The maximum absolute atomic E-state index is 11.9. The van der Waals surface area contributed by atoms with Gasteiger partial charge in [-0.1, -0.05) is 27.7 Å². The zero-order chi connectivity index (χ0) is 11.6. The number of hydrogen-bond donors (Lipinski definition) is 0. The van der Waals surface area contributed by atoms with E-state index in [1.54, 1.807) is 11.8 Å². The van der Waals surface area contributed by atoms with Crippen LogP contribution in [0.1, 0.15) is 34.1 Å². The van der Waals surface area contributed by atoms with Crippen LogP contribution in [0, 0.1) is 5.92 Å². The molecule has 0 spiro atoms. The predicted molar refractivity (Wildman–Crippen MR) is 62.7 cm³/mol. The number of likely N-dealkylation sites (tertiary alicyclic amines) is 1. The average molecular weight is 229 g/mol. The second-order valence-corrected chi connectivity index (χ2v) is 6.40. The molecule has 15 heavy (non-hydrogen) atoms. The van der Waals surface area contributed by atoms with Crippen molar-refractivity contribution in [2.75, 3.05) is 6.54 Å². The third kappa shape index (κ3) is 3.23. The van der Waals surface area contributed by atoms with Crippen molar-refractivity contribution in [3.8, 4) is 0 Å². The molecule has 4 heteroatoms. The van der Waals surface area contributed by atoms with Gasteiger partial charge in [-0.3, -0.25) is 14.5 Å². The van der Waals surface area contributed by atoms with Crippen LogP contribution in [0.25, 0.3) is 0 Å². The first-order valence-corrected chi connectivity index (χ1v) is 6.35. The van der Waals surface area contributed by atoms with Crippen molar-refractivity contribution >= 4 is 23.6 Å². The van der Waals surface area contributed by atoms with Crippen molar-refractivity contribution in [3.63, 3.8) is 0 Å². The third-order valence-electron chi connectivity index (χ3n) is 2.19. The van der Waals surface area contributed by atoms with Crippen LogP contribution in [0.5, 0.6) is 0 Å². The maximum Gasteiger partial charge on any atom is 0.242 e. The summed E-state index contributed by atoms with van der Waals surface area (Å²) >= 11 is 1.59. The quantitative estimate of drug-likeness (QED) is 0.691. The number of amides is 2. The zero-order valence-electron chi connectivity index (χ0n) is 9.82. The molecule has 3 nitrogen and oxygen atoms in total. The molecule has 0 aromatic rings. The van der Waals surface area contributed by atoms with Gasteiger partial charge in [0.15, 0.2) is 0 Å². The first-order valence-electron chi connectivity index (χ1n) is 5.41. The van der Waals surface area contributed by atoms with E-state index in [2.05, 4.69) is 0 Å². The van der Waals surface area contributed by atoms with Gasteiger partial charge in [-0.25, -0.2) is 0 Å². The normalized spacial score (nSPS) is 22.3. The molecule has 86 valence electrons. The fourth-order valence-electron chi connectivity index (χ4n) is 1.64. The van der Waals surface area contributed by atoms with E-state index in [9.17, 15) is 9.59 Å². The first-order chi connectivity index (χ1) is 6.91. The third-order valence-corrected chi connectivity index (χ3v) is 3.43. The Hall–Kier alpha value is -0.510. The number of nitrogens with zero attached hydrogens (tertiary/aromatic N) is 1. The van der Waals surface area contributed by atoms with Crippen LogP contribution in [0.2, 0.25) is 0 Å². The summed E-state index contributed by atoms with van der Waals surface area (Å²) < 4.78 is 0. The first kappa shape index (κ1) is 12.6. The van der Waals surface area contributed by atoms with Gasteiger partial charge in [0.25, 0.3) is 0 Å². The summed E-state index contributed by atoms with van der Waals surface area (Å²) in [5.74, 6) is 0.347. The molecule has 1 rings (SSSR count). The number of thioether (sulfide) groups is 1. The van der Waals surface area contributed by atoms with Gasteiger partial charge in [-0.05, 0) is 11.2 Å². The number of rotatable bonds is 4. The Balaban J connectivity index is 2.62. The molecular formula is C11H19NO2S. The molecular weight excluding hydrogens is 210 g/mol. The van der Waals surface area contributed by atoms with Gasteiger partial charge in [-0.2, -0.15) is 0 Å². The van der Waals surface area contributed by atoms with Crippen molar-refractivity contribution in [1.29, 1.82) is 0 Å². The van der Waals surface area contributed by atoms with Crippen molar-refractivity contribution in [1.82, 2.24) is 4.90 Å². The largest absolute Gasteiger partial charge is 0.281 e. The maximum atomic E-state index is 11.9. The summed E-state index contributed by atoms with van der Waals surface area (Å²) in [6.45, 7) is 8.70. The second kappa shape index (κ2) is 5.01. The molecule has 0 N–H and O–H groups in total. The van der Waals surface area contributed by atoms with Crippen molar-refractivity contribution < 1.29 is 9.59 Å². The van der Waals surface area contributed by atoms with Gasteiger partial charge in [0.1, 0.15) is 0 Å². The van der Waals surface area contributed by atoms with Crippen LogP contribution in [0.3, 0.4) is 0 Å². The molecule has 1 heterocycles. The van der Waals surface area contributed by atoms with Crippen LogP contribution in [0.15, 0.2) is 0 Å². The molecule has 0 radical (unpaired) electrons. The zero-order valence-corrected chi connectivity index (χ0v) is 10.6. The second-order valence-electron chi connectivity index (χ2n) is 4.61. The lowest BCUT2D eigenvalue weighted by Crippen LogP contribution is -2.34. The Labute approximate surface area is 95.6 Å². The van der Waals surface area contributed by atoms with Crippen LogP contribution < -0.4 is 0 Å². The lowest BCUT2D eigenvalue weighted by atomic mass is 10.2. The molecule has 1 fully saturated rings. The van der Waals surface area contributed by atoms with E-state index in [0.717, 1.165) is 0 Å². The Morgan fingerprint density at radius 2 is 1.93 bits per heavy atom. The van der Waals surface area contributed by atoms with E-state index in [1.165, 1.54) is 4.90 Å². The summed E-state index contributed by atoms with van der Waals surface area (Å²) in [5.41, 5.74) is 0. The standard InChI is InChI=1S/C11H19NO2S/c1-7(2)6-12-10(13)5-9(11(12)14)15-8(3)4/h7-9H,5-6H2,1-4H3. The monoisotopic (exact) mass is 229 g/mol. The van der Waals surface area contributed by atoms with E-state index in [4.69, 9.17) is 0 Å². The van der Waals surface area contributed by atoms with Crippen LogP contribution in [-0.4, -0.2) is 33.8 Å². The van der Waals surface area contributed by atoms with Crippen LogP contribution in [0.4, 0.5) is 0 Å². The summed E-state index contributed by atoms with van der Waals surface area (Å²) in [5, 5.41) is 0.252. The fraction of sp³-hybridized carbons (Fsp3) is 0.818. The Morgan fingerprint density at radius 3 is 2.40 bits per heavy atom. The molecule has 1 atom stereocenters. The Kier molecular flexibility index (Phi) is 4.20. The summed E-state index contributed by atoms with van der Waals surface area (Å²) in [4.78, 5) is 24.9. The molecule has 0 aromatic heterocycles. The lowest BCUT2D eigenvalue weighted by Gasteiger charge is -2.17. The van der Waals surface area contributed by atoms with E-state index >= 15 is 0 Å². The van der Waals surface area contributed by atoms with E-state index in [1.807, 2.05) is 27.7 Å². The smallest absolute Gasteiger partial charge is 0.242 e. The highest BCUT2D eigenvalue weighted by molar-refractivity contribution is 8.01. The number of imide groups is 1. The average Bonchev–Trinajstić information content (AvgIpc) is 2.31. The Morgan fingerprint density at radius 1 is 1.33 bits per heavy atom. The van der Waals surface area contributed by atoms with Gasteiger partial charge in [0, 0.05) is 13.0 Å². The minimum Gasteiger partial charge on any atom is -0.281 e. The molecule has 1 unspecified atom stereocenters. The fourth-order valence-corrected chi connectivity index (χ4v) is 2.78. The van der Waals surface area contributed by atoms with Gasteiger partial charge in [0.05, 0.1) is 5.25 Å². The number of carbonyl (C=O) groups excluding carboxylic acids is 2. The summed E-state index contributed by atoms with van der Waals surface area (Å²) in [7, 11) is 0. The van der Waals surface area contributed by atoms with E-state index in [-0.39, 0.29) is 17.1 Å². The van der Waals surface area contributed by atoms with Crippen molar-refractivity contribution in [2.45, 2.75) is 44.6 Å². The van der Waals surface area contributed by atoms with Gasteiger partial charge in [-0.15, -0.1) is 11.8 Å². The summed E-state index contributed by atoms with van der Waals surface area (Å²) in [6.07, 6.45) is 0.383. The lowest BCUT2D eigenvalue weighted by molar-refractivity contribution is -0.138. The Bertz CT molecular complexity index is 263. The highest BCUT2D eigenvalue weighted by Crippen LogP contribution is 2.28. The van der Waals surface area contributed by atoms with Crippen molar-refractivity contribution in [3.05, 3.63) is 0 Å². The number of hydrogen-bond acceptors (Lipinski definition) is 3. The number of carbonyl (C=O) groups is 2. The summed E-state index contributed by atoms with van der Waals surface area (Å²) in [6, 6.07) is 0. The topological polar surface area (TPSA) is 37.4 Å². The van der Waals surface area contributed by atoms with Gasteiger partial charge < -0.3 is 0 Å². The molecule has 2 amide bonds. The SMILES string of the molecule is CC(C)CN1C(=O)CC(SC(C)C)C1=O. The van der Waals surface area contributed by atoms with Gasteiger partial charge in [0.2, 0.25) is 11.8 Å².